The molecule has 29 heavy (non-hydrogen) atoms. The summed E-state index contributed by atoms with van der Waals surface area (Å²) in [5.74, 6) is -0.284. The number of benzene rings is 2. The minimum atomic E-state index is -3.92. The topological polar surface area (TPSA) is 133 Å². The highest BCUT2D eigenvalue weighted by molar-refractivity contribution is 7.89. The number of methoxy groups -OCH3 is 1. The third-order valence-corrected chi connectivity index (χ3v) is 5.84. The minimum absolute atomic E-state index is 0.0306. The van der Waals surface area contributed by atoms with E-state index in [0.29, 0.717) is 22.5 Å². The van der Waals surface area contributed by atoms with Crippen molar-refractivity contribution in [3.05, 3.63) is 52.9 Å². The van der Waals surface area contributed by atoms with Gasteiger partial charge < -0.3 is 20.0 Å². The summed E-state index contributed by atoms with van der Waals surface area (Å²) >= 11 is 0. The van der Waals surface area contributed by atoms with Crippen LogP contribution in [0.15, 0.2) is 52.2 Å². The van der Waals surface area contributed by atoms with Crippen LogP contribution < -0.4 is 20.5 Å². The summed E-state index contributed by atoms with van der Waals surface area (Å²) in [5, 5.41) is 2.70. The van der Waals surface area contributed by atoms with Crippen LogP contribution in [-0.2, 0) is 14.8 Å². The Balaban J connectivity index is 1.80. The molecule has 0 aliphatic heterocycles. The monoisotopic (exact) mass is 418 g/mol. The predicted octanol–water partition coefficient (Wildman–Crippen LogP) is 1.81. The smallest absolute Gasteiger partial charge is 0.323 e. The first-order valence-electron chi connectivity index (χ1n) is 8.89. The molecular formula is C19H22N4O5S. The summed E-state index contributed by atoms with van der Waals surface area (Å²) in [6.45, 7) is 3.49. The lowest BCUT2D eigenvalue weighted by Crippen LogP contribution is -2.47. The Bertz CT molecular complexity index is 1180. The molecule has 0 fully saturated rings. The second-order valence-electron chi connectivity index (χ2n) is 6.85. The van der Waals surface area contributed by atoms with Gasteiger partial charge in [-0.1, -0.05) is 13.8 Å². The van der Waals surface area contributed by atoms with Crippen molar-refractivity contribution >= 4 is 32.7 Å². The lowest BCUT2D eigenvalue weighted by Gasteiger charge is -2.21. The van der Waals surface area contributed by atoms with Crippen molar-refractivity contribution < 1.29 is 17.9 Å². The van der Waals surface area contributed by atoms with Crippen LogP contribution in [0.4, 0.5) is 5.69 Å². The number of H-pyrrole nitrogens is 2. The number of hydrogen-bond donors (Lipinski definition) is 4. The van der Waals surface area contributed by atoms with E-state index in [4.69, 9.17) is 4.74 Å². The second kappa shape index (κ2) is 8.10. The first kappa shape index (κ1) is 20.6. The molecule has 154 valence electrons. The molecule has 0 bridgehead atoms. The van der Waals surface area contributed by atoms with Crippen LogP contribution in [0.3, 0.4) is 0 Å². The zero-order chi connectivity index (χ0) is 21.2. The van der Waals surface area contributed by atoms with Crippen molar-refractivity contribution in [3.63, 3.8) is 0 Å². The molecule has 4 N–H and O–H groups in total. The lowest BCUT2D eigenvalue weighted by molar-refractivity contribution is -0.118. The van der Waals surface area contributed by atoms with E-state index in [-0.39, 0.29) is 16.5 Å². The van der Waals surface area contributed by atoms with E-state index in [9.17, 15) is 18.0 Å². The zero-order valence-electron chi connectivity index (χ0n) is 16.1. The molecule has 1 amide bonds. The highest BCUT2D eigenvalue weighted by atomic mass is 32.2. The largest absolute Gasteiger partial charge is 0.497 e. The number of aromatic nitrogens is 2. The summed E-state index contributed by atoms with van der Waals surface area (Å²) in [4.78, 5) is 29.4. The molecule has 0 unspecified atom stereocenters. The number of ether oxygens (including phenoxy) is 1. The van der Waals surface area contributed by atoms with Gasteiger partial charge in [0.1, 0.15) is 11.8 Å². The van der Waals surface area contributed by atoms with Gasteiger partial charge in [-0.25, -0.2) is 13.2 Å². The Hall–Kier alpha value is -3.11. The second-order valence-corrected chi connectivity index (χ2v) is 8.56. The number of imidazole rings is 1. The van der Waals surface area contributed by atoms with Crippen molar-refractivity contribution in [1.82, 2.24) is 14.7 Å². The summed E-state index contributed by atoms with van der Waals surface area (Å²) in [7, 11) is -2.43. The van der Waals surface area contributed by atoms with E-state index in [1.165, 1.54) is 31.4 Å². The van der Waals surface area contributed by atoms with Crippen molar-refractivity contribution in [2.75, 3.05) is 12.4 Å². The highest BCUT2D eigenvalue weighted by Crippen LogP contribution is 2.19. The molecule has 10 heteroatoms. The molecule has 1 heterocycles. The fraction of sp³-hybridized carbons (Fsp3) is 0.263. The molecule has 0 saturated heterocycles. The molecule has 9 nitrogen and oxygen atoms in total. The normalized spacial score (nSPS) is 12.8. The maximum Gasteiger partial charge on any atom is 0.323 e. The number of aromatic amines is 2. The Morgan fingerprint density at radius 3 is 2.31 bits per heavy atom. The number of hydrogen-bond acceptors (Lipinski definition) is 5. The SMILES string of the molecule is COc1ccc(S(=O)(=O)N[C@H](C(=O)Nc2ccc3[nH]c(=O)[nH]c3c2)C(C)C)cc1. The fourth-order valence-electron chi connectivity index (χ4n) is 2.81. The molecule has 3 aromatic rings. The molecule has 0 spiro atoms. The van der Waals surface area contributed by atoms with Gasteiger partial charge in [-0.15, -0.1) is 0 Å². The van der Waals surface area contributed by atoms with Crippen LogP contribution >= 0.6 is 0 Å². The van der Waals surface area contributed by atoms with Crippen molar-refractivity contribution in [2.24, 2.45) is 5.92 Å². The number of amides is 1. The van der Waals surface area contributed by atoms with Gasteiger partial charge in [-0.2, -0.15) is 4.72 Å². The van der Waals surface area contributed by atoms with Crippen LogP contribution in [0.1, 0.15) is 13.8 Å². The third kappa shape index (κ3) is 4.66. The number of nitrogens with one attached hydrogen (secondary N) is 4. The maximum absolute atomic E-state index is 12.8. The maximum atomic E-state index is 12.8. The fourth-order valence-corrected chi connectivity index (χ4v) is 4.16. The molecule has 0 radical (unpaired) electrons. The van der Waals surface area contributed by atoms with Gasteiger partial charge in [0.15, 0.2) is 0 Å². The molecule has 3 rings (SSSR count). The van der Waals surface area contributed by atoms with Gasteiger partial charge in [0.2, 0.25) is 15.9 Å². The third-order valence-electron chi connectivity index (χ3n) is 4.38. The molecule has 1 atom stereocenters. The Morgan fingerprint density at radius 1 is 1.03 bits per heavy atom. The average Bonchev–Trinajstić information content (AvgIpc) is 3.05. The number of fused-ring (bicyclic) bond motifs is 1. The van der Waals surface area contributed by atoms with Gasteiger partial charge in [-0.3, -0.25) is 4.79 Å². The van der Waals surface area contributed by atoms with Gasteiger partial charge in [0.05, 0.1) is 23.0 Å². The molecule has 1 aromatic heterocycles. The average molecular weight is 418 g/mol. The van der Waals surface area contributed by atoms with E-state index in [0.717, 1.165) is 0 Å². The standard InChI is InChI=1S/C19H22N4O5S/c1-11(2)17(23-29(26,27)14-7-5-13(28-3)6-8-14)18(24)20-12-4-9-15-16(10-12)22-19(25)21-15/h4-11,17,23H,1-3H3,(H,20,24)(H2,21,22,25)/t17-/m0/s1. The minimum Gasteiger partial charge on any atom is -0.497 e. The summed E-state index contributed by atoms with van der Waals surface area (Å²) < 4.78 is 32.9. The van der Waals surface area contributed by atoms with E-state index in [1.54, 1.807) is 32.0 Å². The number of anilines is 1. The number of carbonyl (C=O) groups is 1. The highest BCUT2D eigenvalue weighted by Gasteiger charge is 2.28. The van der Waals surface area contributed by atoms with Crippen LogP contribution in [0, 0.1) is 5.92 Å². The summed E-state index contributed by atoms with van der Waals surface area (Å²) in [6, 6.07) is 9.76. The van der Waals surface area contributed by atoms with Crippen LogP contribution in [0.25, 0.3) is 11.0 Å². The molecular weight excluding hydrogens is 396 g/mol. The van der Waals surface area contributed by atoms with Crippen LogP contribution in [0.2, 0.25) is 0 Å². The predicted molar refractivity (Wildman–Crippen MR) is 109 cm³/mol. The van der Waals surface area contributed by atoms with Gasteiger partial charge in [0.25, 0.3) is 0 Å². The molecule has 0 aliphatic carbocycles. The first-order chi connectivity index (χ1) is 13.7. The first-order valence-corrected chi connectivity index (χ1v) is 10.4. The van der Waals surface area contributed by atoms with Crippen molar-refractivity contribution in [3.8, 4) is 5.75 Å². The lowest BCUT2D eigenvalue weighted by atomic mass is 10.0. The van der Waals surface area contributed by atoms with Gasteiger partial charge >= 0.3 is 5.69 Å². The van der Waals surface area contributed by atoms with Crippen molar-refractivity contribution in [2.45, 2.75) is 24.8 Å². The Morgan fingerprint density at radius 2 is 1.69 bits per heavy atom. The zero-order valence-corrected chi connectivity index (χ0v) is 17.0. The van der Waals surface area contributed by atoms with E-state index in [2.05, 4.69) is 20.0 Å². The number of rotatable bonds is 7. The van der Waals surface area contributed by atoms with E-state index >= 15 is 0 Å². The number of carbonyl (C=O) groups excluding carboxylic acids is 1. The summed E-state index contributed by atoms with van der Waals surface area (Å²) in [6.07, 6.45) is 0. The van der Waals surface area contributed by atoms with Gasteiger partial charge in [-0.05, 0) is 48.4 Å². The van der Waals surface area contributed by atoms with E-state index in [1.807, 2.05) is 0 Å². The van der Waals surface area contributed by atoms with E-state index < -0.39 is 22.0 Å². The Labute approximate surface area is 167 Å². The van der Waals surface area contributed by atoms with Crippen LogP contribution in [0.5, 0.6) is 5.75 Å². The number of sulfonamides is 1. The molecule has 2 aromatic carbocycles. The van der Waals surface area contributed by atoms with Crippen molar-refractivity contribution in [1.29, 1.82) is 0 Å². The molecule has 0 aliphatic rings. The van der Waals surface area contributed by atoms with Crippen LogP contribution in [-0.4, -0.2) is 37.4 Å². The van der Waals surface area contributed by atoms with Gasteiger partial charge in [0, 0.05) is 5.69 Å². The Kier molecular flexibility index (Phi) is 5.76. The quantitative estimate of drug-likeness (QED) is 0.464. The molecule has 0 saturated carbocycles. The summed E-state index contributed by atoms with van der Waals surface area (Å²) in [5.41, 5.74) is 1.23.